The summed E-state index contributed by atoms with van der Waals surface area (Å²) in [6, 6.07) is 8.31. The molecule has 3 aliphatic heterocycles. The molecule has 3 aliphatic rings. The lowest BCUT2D eigenvalue weighted by Gasteiger charge is -2.44. The molecule has 0 spiro atoms. The average Bonchev–Trinajstić information content (AvgIpc) is 3.47. The molecular formula is C26H26N8O2. The van der Waals surface area contributed by atoms with E-state index in [4.69, 9.17) is 14.7 Å². The second kappa shape index (κ2) is 7.92. The number of nitrogens with one attached hydrogen (secondary N) is 2. The maximum atomic E-state index is 12.9. The highest BCUT2D eigenvalue weighted by Crippen LogP contribution is 2.38. The summed E-state index contributed by atoms with van der Waals surface area (Å²) in [5.41, 5.74) is 5.74. The number of hydrogen-bond acceptors (Lipinski definition) is 8. The van der Waals surface area contributed by atoms with Gasteiger partial charge in [0.05, 0.1) is 29.2 Å². The predicted octanol–water partition coefficient (Wildman–Crippen LogP) is 2.53. The van der Waals surface area contributed by atoms with Gasteiger partial charge >= 0.3 is 0 Å². The van der Waals surface area contributed by atoms with Gasteiger partial charge in [-0.1, -0.05) is 0 Å². The summed E-state index contributed by atoms with van der Waals surface area (Å²) >= 11 is 0. The summed E-state index contributed by atoms with van der Waals surface area (Å²) < 4.78 is 8.01. The van der Waals surface area contributed by atoms with Crippen LogP contribution < -0.4 is 20.3 Å². The highest BCUT2D eigenvalue weighted by Gasteiger charge is 2.33. The summed E-state index contributed by atoms with van der Waals surface area (Å²) in [5.74, 6) is 1.12. The van der Waals surface area contributed by atoms with E-state index in [0.29, 0.717) is 42.1 Å². The van der Waals surface area contributed by atoms with E-state index in [1.807, 2.05) is 42.1 Å². The van der Waals surface area contributed by atoms with Crippen LogP contribution in [0.5, 0.6) is 5.88 Å². The average molecular weight is 483 g/mol. The van der Waals surface area contributed by atoms with E-state index in [0.717, 1.165) is 53.2 Å². The Hall–Kier alpha value is -4.18. The van der Waals surface area contributed by atoms with Gasteiger partial charge in [-0.25, -0.2) is 4.98 Å². The first kappa shape index (κ1) is 21.1. The fourth-order valence-corrected chi connectivity index (χ4v) is 5.55. The predicted molar refractivity (Wildman–Crippen MR) is 137 cm³/mol. The molecule has 4 aromatic rings. The number of aryl methyl sites for hydroxylation is 1. The number of pyridine rings is 3. The molecule has 4 aromatic heterocycles. The number of aromatic nitrogens is 4. The molecule has 1 amide bonds. The maximum absolute atomic E-state index is 12.9. The largest absolute Gasteiger partial charge is 0.474 e. The number of hydrogen-bond donors (Lipinski definition) is 2. The number of amides is 1. The third kappa shape index (κ3) is 3.21. The van der Waals surface area contributed by atoms with Crippen molar-refractivity contribution in [2.75, 3.05) is 43.5 Å². The molecule has 1 atom stereocenters. The Bertz CT molecular complexity index is 1530. The van der Waals surface area contributed by atoms with Crippen molar-refractivity contribution >= 4 is 34.1 Å². The fourth-order valence-electron chi connectivity index (χ4n) is 5.55. The van der Waals surface area contributed by atoms with Crippen molar-refractivity contribution < 1.29 is 9.53 Å². The van der Waals surface area contributed by atoms with Crippen LogP contribution >= 0.6 is 0 Å². The molecule has 2 N–H and O–H groups in total. The minimum atomic E-state index is -0.121. The Morgan fingerprint density at radius 1 is 1.14 bits per heavy atom. The normalized spacial score (nSPS) is 18.9. The van der Waals surface area contributed by atoms with E-state index >= 15 is 0 Å². The molecule has 0 unspecified atom stereocenters. The molecule has 10 nitrogen and oxygen atoms in total. The molecule has 1 fully saturated rings. The second-order valence-corrected chi connectivity index (χ2v) is 9.65. The lowest BCUT2D eigenvalue weighted by Crippen LogP contribution is -2.56. The lowest BCUT2D eigenvalue weighted by molar-refractivity contribution is 0.0966. The third-order valence-corrected chi connectivity index (χ3v) is 7.37. The first-order chi connectivity index (χ1) is 17.6. The van der Waals surface area contributed by atoms with Gasteiger partial charge in [0.15, 0.2) is 0 Å². The summed E-state index contributed by atoms with van der Waals surface area (Å²) in [6.45, 7) is 3.98. The lowest BCUT2D eigenvalue weighted by atomic mass is 10.0. The molecule has 0 aromatic carbocycles. The number of rotatable bonds is 3. The van der Waals surface area contributed by atoms with E-state index in [9.17, 15) is 4.79 Å². The molecule has 182 valence electrons. The van der Waals surface area contributed by atoms with Crippen LogP contribution in [-0.4, -0.2) is 69.7 Å². The SMILES string of the molecule is CN1CCN2c3ccc(Nc4cnc(-c5ccnc6c5ccn6C)c5c4C(=O)NC5)nc3OC[C@H]2C1. The zero-order valence-electron chi connectivity index (χ0n) is 20.2. The standard InChI is InChI=1S/C26H26N8O2/c1-32-9-10-34-15(13-32)14-36-26-20(34)3-4-21(31-26)30-19-12-28-23(18-11-29-25(35)22(18)19)16-5-7-27-24-17(16)6-8-33(24)2/h3-8,12,15H,9-11,13-14H2,1-2H3,(H,29,35)(H,30,31)/t15-/m1/s1. The van der Waals surface area contributed by atoms with E-state index in [2.05, 4.69) is 32.5 Å². The van der Waals surface area contributed by atoms with Crippen molar-refractivity contribution in [3.63, 3.8) is 0 Å². The molecule has 7 heterocycles. The Morgan fingerprint density at radius 3 is 2.97 bits per heavy atom. The number of likely N-dealkylation sites (N-methyl/N-ethyl adjacent to an activating group) is 1. The highest BCUT2D eigenvalue weighted by atomic mass is 16.5. The summed E-state index contributed by atoms with van der Waals surface area (Å²) in [7, 11) is 4.11. The number of nitrogens with zero attached hydrogens (tertiary/aromatic N) is 6. The van der Waals surface area contributed by atoms with E-state index < -0.39 is 0 Å². The zero-order chi connectivity index (χ0) is 24.4. The van der Waals surface area contributed by atoms with Crippen LogP contribution in [0.25, 0.3) is 22.3 Å². The van der Waals surface area contributed by atoms with Crippen LogP contribution in [-0.2, 0) is 13.6 Å². The first-order valence-electron chi connectivity index (χ1n) is 12.1. The molecule has 0 radical (unpaired) electrons. The summed E-state index contributed by atoms with van der Waals surface area (Å²) in [6.07, 6.45) is 5.48. The molecular weight excluding hydrogens is 456 g/mol. The van der Waals surface area contributed by atoms with Gasteiger partial charge in [-0.3, -0.25) is 9.78 Å². The van der Waals surface area contributed by atoms with Gasteiger partial charge in [0.1, 0.15) is 23.8 Å². The topological polar surface area (TPSA) is 100 Å². The molecule has 1 saturated heterocycles. The number of anilines is 3. The third-order valence-electron chi connectivity index (χ3n) is 7.37. The summed E-state index contributed by atoms with van der Waals surface area (Å²) in [5, 5.41) is 7.29. The van der Waals surface area contributed by atoms with Crippen molar-refractivity contribution in [1.82, 2.24) is 29.7 Å². The second-order valence-electron chi connectivity index (χ2n) is 9.65. The van der Waals surface area contributed by atoms with Gasteiger partial charge in [-0.15, -0.1) is 0 Å². The first-order valence-corrected chi connectivity index (χ1v) is 12.1. The van der Waals surface area contributed by atoms with Gasteiger partial charge in [-0.05, 0) is 31.3 Å². The van der Waals surface area contributed by atoms with Crippen molar-refractivity contribution in [2.45, 2.75) is 12.6 Å². The van der Waals surface area contributed by atoms with Crippen molar-refractivity contribution in [3.8, 4) is 17.1 Å². The van der Waals surface area contributed by atoms with Crippen molar-refractivity contribution in [1.29, 1.82) is 0 Å². The van der Waals surface area contributed by atoms with E-state index in [-0.39, 0.29) is 5.91 Å². The van der Waals surface area contributed by atoms with Crippen molar-refractivity contribution in [3.05, 3.63) is 54.0 Å². The fraction of sp³-hybridized carbons (Fsp3) is 0.308. The van der Waals surface area contributed by atoms with Crippen LogP contribution in [0, 0.1) is 0 Å². The van der Waals surface area contributed by atoms with Crippen molar-refractivity contribution in [2.24, 2.45) is 7.05 Å². The van der Waals surface area contributed by atoms with Gasteiger partial charge in [0.25, 0.3) is 5.91 Å². The molecule has 10 heteroatoms. The van der Waals surface area contributed by atoms with Crippen LogP contribution in [0.4, 0.5) is 17.2 Å². The van der Waals surface area contributed by atoms with Crippen LogP contribution in [0.2, 0.25) is 0 Å². The van der Waals surface area contributed by atoms with Crippen LogP contribution in [0.1, 0.15) is 15.9 Å². The van der Waals surface area contributed by atoms with E-state index in [1.165, 1.54) is 0 Å². The molecule has 0 saturated carbocycles. The van der Waals surface area contributed by atoms with E-state index in [1.54, 1.807) is 12.4 Å². The van der Waals surface area contributed by atoms with Gasteiger partial charge in [0.2, 0.25) is 5.88 Å². The number of carbonyl (C=O) groups excluding carboxylic acids is 1. The maximum Gasteiger partial charge on any atom is 0.254 e. The van der Waals surface area contributed by atoms with Crippen LogP contribution in [0.15, 0.2) is 42.9 Å². The number of piperazine rings is 1. The number of fused-ring (bicyclic) bond motifs is 5. The zero-order valence-corrected chi connectivity index (χ0v) is 20.2. The Balaban J connectivity index is 1.24. The Labute approximate surface area is 207 Å². The van der Waals surface area contributed by atoms with Gasteiger partial charge in [-0.2, -0.15) is 4.98 Å². The van der Waals surface area contributed by atoms with Gasteiger partial charge in [0, 0.05) is 62.1 Å². The quantitative estimate of drug-likeness (QED) is 0.460. The number of ether oxygens (including phenoxy) is 1. The molecule has 0 bridgehead atoms. The monoisotopic (exact) mass is 482 g/mol. The molecule has 0 aliphatic carbocycles. The molecule has 7 rings (SSSR count). The van der Waals surface area contributed by atoms with Crippen LogP contribution in [0.3, 0.4) is 0 Å². The smallest absolute Gasteiger partial charge is 0.254 e. The Kier molecular flexibility index (Phi) is 4.65. The minimum Gasteiger partial charge on any atom is -0.474 e. The van der Waals surface area contributed by atoms with Gasteiger partial charge < -0.3 is 29.7 Å². The summed E-state index contributed by atoms with van der Waals surface area (Å²) in [4.78, 5) is 31.6. The highest BCUT2D eigenvalue weighted by molar-refractivity contribution is 6.06. The number of carbonyl (C=O) groups is 1. The Morgan fingerprint density at radius 2 is 2.06 bits per heavy atom. The minimum absolute atomic E-state index is 0.121. The molecule has 36 heavy (non-hydrogen) atoms.